The molecule has 0 unspecified atom stereocenters. The van der Waals surface area contributed by atoms with Gasteiger partial charge in [-0.15, -0.1) is 0 Å². The van der Waals surface area contributed by atoms with Gasteiger partial charge in [-0.1, -0.05) is 0 Å². The maximum atomic E-state index is 5.93. The van der Waals surface area contributed by atoms with E-state index in [9.17, 15) is 0 Å². The van der Waals surface area contributed by atoms with Crippen LogP contribution in [0.15, 0.2) is 18.5 Å². The summed E-state index contributed by atoms with van der Waals surface area (Å²) >= 11 is 0. The molecule has 0 atom stereocenters. The number of nitrogens with two attached hydrogens (primary N) is 1. The van der Waals surface area contributed by atoms with Gasteiger partial charge in [0.15, 0.2) is 6.79 Å². The lowest BCUT2D eigenvalue weighted by atomic mass is 10.1. The second kappa shape index (κ2) is 6.41. The fourth-order valence-electron chi connectivity index (χ4n) is 2.43. The predicted molar refractivity (Wildman–Crippen MR) is 77.8 cm³/mol. The average molecular weight is 277 g/mol. The lowest BCUT2D eigenvalue weighted by molar-refractivity contribution is 0.00981. The van der Waals surface area contributed by atoms with E-state index < -0.39 is 0 Å². The third kappa shape index (κ3) is 3.84. The highest BCUT2D eigenvalue weighted by atomic mass is 16.7. The van der Waals surface area contributed by atoms with Crippen molar-refractivity contribution < 1.29 is 9.47 Å². The van der Waals surface area contributed by atoms with Crippen molar-refractivity contribution in [3.63, 3.8) is 0 Å². The summed E-state index contributed by atoms with van der Waals surface area (Å²) in [5.41, 5.74) is 7.04. The molecule has 20 heavy (non-hydrogen) atoms. The van der Waals surface area contributed by atoms with Gasteiger partial charge in [0.2, 0.25) is 0 Å². The summed E-state index contributed by atoms with van der Waals surface area (Å²) in [6.45, 7) is 3.11. The molecule has 0 bridgehead atoms. The fourth-order valence-corrected chi connectivity index (χ4v) is 2.43. The predicted octanol–water partition coefficient (Wildman–Crippen LogP) is 1.77. The molecule has 5 nitrogen and oxygen atoms in total. The van der Waals surface area contributed by atoms with Gasteiger partial charge in [0, 0.05) is 25.2 Å². The van der Waals surface area contributed by atoms with Gasteiger partial charge in [-0.2, -0.15) is 0 Å². The van der Waals surface area contributed by atoms with E-state index in [2.05, 4.69) is 9.88 Å². The lowest BCUT2D eigenvalue weighted by Crippen LogP contribution is -2.39. The zero-order chi connectivity index (χ0) is 13.8. The zero-order valence-corrected chi connectivity index (χ0v) is 11.8. The van der Waals surface area contributed by atoms with Crippen LogP contribution in [0.2, 0.25) is 0 Å². The minimum Gasteiger partial charge on any atom is -0.466 e. The normalized spacial score (nSPS) is 20.1. The summed E-state index contributed by atoms with van der Waals surface area (Å²) < 4.78 is 11.1. The Morgan fingerprint density at radius 3 is 2.75 bits per heavy atom. The first-order chi connectivity index (χ1) is 9.81. The van der Waals surface area contributed by atoms with Crippen LogP contribution < -0.4 is 15.4 Å². The van der Waals surface area contributed by atoms with Crippen LogP contribution >= 0.6 is 0 Å². The molecule has 0 amide bonds. The molecule has 2 aliphatic rings. The first-order valence-corrected chi connectivity index (χ1v) is 7.47. The third-order valence-corrected chi connectivity index (χ3v) is 3.96. The van der Waals surface area contributed by atoms with Crippen molar-refractivity contribution in [1.29, 1.82) is 0 Å². The first-order valence-electron chi connectivity index (χ1n) is 7.47. The van der Waals surface area contributed by atoms with Crippen LogP contribution in [0.5, 0.6) is 5.75 Å². The number of anilines is 1. The molecule has 0 spiro atoms. The van der Waals surface area contributed by atoms with Gasteiger partial charge in [-0.3, -0.25) is 4.98 Å². The smallest absolute Gasteiger partial charge is 0.189 e. The maximum Gasteiger partial charge on any atom is 0.189 e. The van der Waals surface area contributed by atoms with Crippen LogP contribution in [0.1, 0.15) is 25.7 Å². The SMILES string of the molecule is NC1CCN(c2cncc(OCOCC3CC3)c2)CC1. The minimum atomic E-state index is 0.312. The van der Waals surface area contributed by atoms with Gasteiger partial charge in [-0.25, -0.2) is 0 Å². The number of hydrogen-bond acceptors (Lipinski definition) is 5. The number of rotatable bonds is 6. The minimum absolute atomic E-state index is 0.312. The Morgan fingerprint density at radius 2 is 2.00 bits per heavy atom. The molecular formula is C15H23N3O2. The van der Waals surface area contributed by atoms with Crippen molar-refractivity contribution in [3.05, 3.63) is 18.5 Å². The number of nitrogens with zero attached hydrogens (tertiary/aromatic N) is 2. The number of aromatic nitrogens is 1. The Morgan fingerprint density at radius 1 is 1.20 bits per heavy atom. The van der Waals surface area contributed by atoms with E-state index in [4.69, 9.17) is 15.2 Å². The van der Waals surface area contributed by atoms with E-state index in [1.807, 2.05) is 12.3 Å². The molecule has 2 fully saturated rings. The Balaban J connectivity index is 1.49. The molecule has 0 radical (unpaired) electrons. The van der Waals surface area contributed by atoms with Gasteiger partial charge >= 0.3 is 0 Å². The molecule has 3 rings (SSSR count). The molecule has 1 aromatic heterocycles. The molecule has 1 saturated carbocycles. The second-order valence-electron chi connectivity index (χ2n) is 5.78. The quantitative estimate of drug-likeness (QED) is 0.634. The summed E-state index contributed by atoms with van der Waals surface area (Å²) in [6, 6.07) is 2.37. The van der Waals surface area contributed by atoms with E-state index >= 15 is 0 Å². The van der Waals surface area contributed by atoms with Crippen LogP contribution in [0.3, 0.4) is 0 Å². The van der Waals surface area contributed by atoms with Gasteiger partial charge in [0.1, 0.15) is 5.75 Å². The zero-order valence-electron chi connectivity index (χ0n) is 11.8. The molecule has 110 valence electrons. The molecule has 2 N–H and O–H groups in total. The van der Waals surface area contributed by atoms with Gasteiger partial charge < -0.3 is 20.1 Å². The summed E-state index contributed by atoms with van der Waals surface area (Å²) in [7, 11) is 0. The lowest BCUT2D eigenvalue weighted by Gasteiger charge is -2.31. The highest BCUT2D eigenvalue weighted by Crippen LogP contribution is 2.29. The molecule has 0 aromatic carbocycles. The number of hydrogen-bond donors (Lipinski definition) is 1. The number of piperidine rings is 1. The summed E-state index contributed by atoms with van der Waals surface area (Å²) in [5, 5.41) is 0. The topological polar surface area (TPSA) is 60.6 Å². The van der Waals surface area contributed by atoms with Crippen LogP contribution in [0, 0.1) is 5.92 Å². The molecule has 1 aliphatic heterocycles. The first kappa shape index (κ1) is 13.6. The molecular weight excluding hydrogens is 254 g/mol. The molecule has 1 aliphatic carbocycles. The summed E-state index contributed by atoms with van der Waals surface area (Å²) in [4.78, 5) is 6.57. The van der Waals surface area contributed by atoms with E-state index in [0.29, 0.717) is 12.8 Å². The highest BCUT2D eigenvalue weighted by Gasteiger charge is 2.21. The van der Waals surface area contributed by atoms with E-state index in [-0.39, 0.29) is 0 Å². The van der Waals surface area contributed by atoms with Crippen molar-refractivity contribution >= 4 is 5.69 Å². The fraction of sp³-hybridized carbons (Fsp3) is 0.667. The highest BCUT2D eigenvalue weighted by molar-refractivity contribution is 5.48. The molecule has 1 saturated heterocycles. The van der Waals surface area contributed by atoms with Crippen molar-refractivity contribution in [2.24, 2.45) is 11.7 Å². The Bertz CT molecular complexity index is 429. The van der Waals surface area contributed by atoms with Crippen molar-refractivity contribution in [2.45, 2.75) is 31.7 Å². The van der Waals surface area contributed by atoms with E-state index in [1.54, 1.807) is 6.20 Å². The van der Waals surface area contributed by atoms with Crippen LogP contribution in [-0.2, 0) is 4.74 Å². The monoisotopic (exact) mass is 277 g/mol. The van der Waals surface area contributed by atoms with Crippen molar-refractivity contribution in [2.75, 3.05) is 31.4 Å². The molecule has 1 aromatic rings. The number of ether oxygens (including phenoxy) is 2. The Labute approximate surface area is 120 Å². The van der Waals surface area contributed by atoms with Crippen molar-refractivity contribution in [3.8, 4) is 5.75 Å². The van der Waals surface area contributed by atoms with Gasteiger partial charge in [-0.05, 0) is 31.6 Å². The summed E-state index contributed by atoms with van der Waals surface area (Å²) in [5.74, 6) is 1.54. The van der Waals surface area contributed by atoms with Gasteiger partial charge in [0.25, 0.3) is 0 Å². The largest absolute Gasteiger partial charge is 0.466 e. The van der Waals surface area contributed by atoms with Crippen LogP contribution in [0.25, 0.3) is 0 Å². The summed E-state index contributed by atoms with van der Waals surface area (Å²) in [6.07, 6.45) is 8.29. The number of pyridine rings is 1. The Kier molecular flexibility index (Phi) is 4.38. The second-order valence-corrected chi connectivity index (χ2v) is 5.78. The van der Waals surface area contributed by atoms with E-state index in [1.165, 1.54) is 12.8 Å². The standard InChI is InChI=1S/C15H23N3O2/c16-13-3-5-18(6-4-13)14-7-15(9-17-8-14)20-11-19-10-12-1-2-12/h7-9,12-13H,1-6,10-11,16H2. The average Bonchev–Trinajstić information content (AvgIpc) is 3.29. The van der Waals surface area contributed by atoms with Crippen LogP contribution in [0.4, 0.5) is 5.69 Å². The van der Waals surface area contributed by atoms with E-state index in [0.717, 1.165) is 49.9 Å². The van der Waals surface area contributed by atoms with Crippen LogP contribution in [-0.4, -0.2) is 37.5 Å². The van der Waals surface area contributed by atoms with Crippen molar-refractivity contribution in [1.82, 2.24) is 4.98 Å². The third-order valence-electron chi connectivity index (χ3n) is 3.96. The molecule has 2 heterocycles. The maximum absolute atomic E-state index is 5.93. The van der Waals surface area contributed by atoms with Gasteiger partial charge in [0.05, 0.1) is 24.7 Å². The Hall–Kier alpha value is -1.33. The molecule has 5 heteroatoms.